The van der Waals surface area contributed by atoms with E-state index in [-0.39, 0.29) is 5.91 Å². The Morgan fingerprint density at radius 3 is 2.62 bits per heavy atom. The first kappa shape index (κ1) is 17.6. The molecule has 24 heavy (non-hydrogen) atoms. The Hall–Kier alpha value is -1.21. The van der Waals surface area contributed by atoms with Gasteiger partial charge in [0.1, 0.15) is 32.2 Å². The van der Waals surface area contributed by atoms with Crippen molar-refractivity contribution in [1.82, 2.24) is 5.32 Å². The maximum Gasteiger partial charge on any atom is 0.252 e. The van der Waals surface area contributed by atoms with Crippen LogP contribution in [-0.2, 0) is 0 Å². The number of carbonyl (C=O) groups excluding carboxylic acids is 1. The monoisotopic (exact) mass is 409 g/mol. The zero-order chi connectivity index (χ0) is 16.9. The van der Waals surface area contributed by atoms with Gasteiger partial charge in [-0.2, -0.15) is 0 Å². The number of carbonyl (C=O) groups is 1. The van der Waals surface area contributed by atoms with Crippen molar-refractivity contribution in [2.75, 3.05) is 39.8 Å². The summed E-state index contributed by atoms with van der Waals surface area (Å²) in [5.41, 5.74) is 0.695. The van der Waals surface area contributed by atoms with E-state index in [0.717, 1.165) is 17.6 Å². The minimum atomic E-state index is -0.0109. The topological polar surface area (TPSA) is 38.0 Å². The van der Waals surface area contributed by atoms with Crippen molar-refractivity contribution in [3.8, 4) is 0 Å². The molecule has 0 unspecified atom stereocenters. The average molecular weight is 410 g/mol. The van der Waals surface area contributed by atoms with Gasteiger partial charge < -0.3 is 15.1 Å². The summed E-state index contributed by atoms with van der Waals surface area (Å²) in [4.78, 5) is 17.1. The first-order chi connectivity index (χ1) is 11.6. The van der Waals surface area contributed by atoms with Crippen molar-refractivity contribution >= 4 is 33.2 Å². The maximum absolute atomic E-state index is 12.5. The highest BCUT2D eigenvalue weighted by Crippen LogP contribution is 2.18. The number of quaternary nitrogens is 2. The molecule has 2 aromatic rings. The van der Waals surface area contributed by atoms with E-state index < -0.39 is 0 Å². The molecule has 1 aliphatic rings. The van der Waals surface area contributed by atoms with Crippen LogP contribution >= 0.6 is 27.3 Å². The standard InChI is InChI=1S/C18H22BrN3OS/c1-21-8-10-22(11-9-21)16(17-7-4-12-24-17)13-20-18(23)14-5-2-3-6-15(14)19/h2-7,12,16H,8-11,13H2,1H3,(H,20,23)/p+2/t16-/m1/s1. The highest BCUT2D eigenvalue weighted by Gasteiger charge is 2.30. The Bertz CT molecular complexity index is 669. The highest BCUT2D eigenvalue weighted by molar-refractivity contribution is 9.10. The van der Waals surface area contributed by atoms with Gasteiger partial charge in [-0.15, -0.1) is 11.3 Å². The summed E-state index contributed by atoms with van der Waals surface area (Å²) in [6.45, 7) is 5.36. The largest absolute Gasteiger partial charge is 0.346 e. The first-order valence-electron chi connectivity index (χ1n) is 8.37. The lowest BCUT2D eigenvalue weighted by atomic mass is 10.1. The molecule has 2 heterocycles. The molecule has 1 aliphatic heterocycles. The van der Waals surface area contributed by atoms with Crippen LogP contribution < -0.4 is 15.1 Å². The van der Waals surface area contributed by atoms with E-state index in [1.807, 2.05) is 24.3 Å². The molecular weight excluding hydrogens is 386 g/mol. The molecule has 1 atom stereocenters. The van der Waals surface area contributed by atoms with Gasteiger partial charge in [0.05, 0.1) is 24.0 Å². The Morgan fingerprint density at radius 2 is 1.96 bits per heavy atom. The zero-order valence-corrected chi connectivity index (χ0v) is 16.3. The Balaban J connectivity index is 1.68. The molecule has 128 valence electrons. The number of hydrogen-bond acceptors (Lipinski definition) is 2. The molecule has 0 bridgehead atoms. The van der Waals surface area contributed by atoms with E-state index in [9.17, 15) is 4.79 Å². The molecule has 1 aromatic carbocycles. The van der Waals surface area contributed by atoms with Crippen molar-refractivity contribution in [3.63, 3.8) is 0 Å². The van der Waals surface area contributed by atoms with Crippen LogP contribution in [0.1, 0.15) is 21.3 Å². The van der Waals surface area contributed by atoms with Crippen molar-refractivity contribution < 1.29 is 14.6 Å². The number of piperazine rings is 1. The predicted molar refractivity (Wildman–Crippen MR) is 101 cm³/mol. The Morgan fingerprint density at radius 1 is 1.21 bits per heavy atom. The third kappa shape index (κ3) is 4.25. The minimum Gasteiger partial charge on any atom is -0.346 e. The number of hydrogen-bond donors (Lipinski definition) is 3. The summed E-state index contributed by atoms with van der Waals surface area (Å²) in [7, 11) is 2.26. The van der Waals surface area contributed by atoms with E-state index in [4.69, 9.17) is 0 Å². The molecule has 0 radical (unpaired) electrons. The molecule has 3 N–H and O–H groups in total. The lowest BCUT2D eigenvalue weighted by Gasteiger charge is -2.33. The Labute approximate surface area is 155 Å². The van der Waals surface area contributed by atoms with Gasteiger partial charge in [0.2, 0.25) is 0 Å². The second kappa shape index (κ2) is 8.25. The van der Waals surface area contributed by atoms with Gasteiger partial charge in [-0.3, -0.25) is 4.79 Å². The van der Waals surface area contributed by atoms with Crippen molar-refractivity contribution in [2.45, 2.75) is 6.04 Å². The number of nitrogens with one attached hydrogen (secondary N) is 3. The molecule has 1 amide bonds. The van der Waals surface area contributed by atoms with Crippen LogP contribution in [0, 0.1) is 0 Å². The molecule has 3 rings (SSSR count). The molecule has 4 nitrogen and oxygen atoms in total. The number of halogens is 1. The van der Waals surface area contributed by atoms with Crippen LogP contribution in [0.5, 0.6) is 0 Å². The van der Waals surface area contributed by atoms with Crippen molar-refractivity contribution in [1.29, 1.82) is 0 Å². The van der Waals surface area contributed by atoms with Crippen LogP contribution in [0.2, 0.25) is 0 Å². The summed E-state index contributed by atoms with van der Waals surface area (Å²) in [5.74, 6) is -0.0109. The van der Waals surface area contributed by atoms with Gasteiger partial charge >= 0.3 is 0 Å². The second-order valence-corrected chi connectivity index (χ2v) is 8.21. The highest BCUT2D eigenvalue weighted by atomic mass is 79.9. The average Bonchev–Trinajstić information content (AvgIpc) is 3.11. The fraction of sp³-hybridized carbons (Fsp3) is 0.389. The van der Waals surface area contributed by atoms with Crippen molar-refractivity contribution in [2.24, 2.45) is 0 Å². The third-order valence-electron chi connectivity index (χ3n) is 4.71. The molecule has 6 heteroatoms. The van der Waals surface area contributed by atoms with Gasteiger partial charge in [-0.05, 0) is 39.5 Å². The van der Waals surface area contributed by atoms with E-state index in [2.05, 4.69) is 45.8 Å². The SMILES string of the molecule is C[NH+]1CC[NH+]([C@H](CNC(=O)c2ccccc2Br)c2cccs2)CC1. The first-order valence-corrected chi connectivity index (χ1v) is 10.0. The Kier molecular flexibility index (Phi) is 6.05. The van der Waals surface area contributed by atoms with E-state index >= 15 is 0 Å². The third-order valence-corrected chi connectivity index (χ3v) is 6.39. The second-order valence-electron chi connectivity index (χ2n) is 6.37. The quantitative estimate of drug-likeness (QED) is 0.656. The molecule has 0 spiro atoms. The number of benzene rings is 1. The normalized spacial score (nSPS) is 22.1. The van der Waals surface area contributed by atoms with Gasteiger partial charge in [-0.1, -0.05) is 18.2 Å². The molecule has 0 saturated carbocycles. The molecule has 0 aliphatic carbocycles. The van der Waals surface area contributed by atoms with E-state index in [0.29, 0.717) is 18.2 Å². The summed E-state index contributed by atoms with van der Waals surface area (Å²) in [6.07, 6.45) is 0. The lowest BCUT2D eigenvalue weighted by Crippen LogP contribution is -3.27. The lowest BCUT2D eigenvalue weighted by molar-refractivity contribution is -1.02. The molecule has 1 saturated heterocycles. The van der Waals surface area contributed by atoms with Gasteiger partial charge in [0, 0.05) is 4.47 Å². The van der Waals surface area contributed by atoms with Crippen LogP contribution in [0.25, 0.3) is 0 Å². The van der Waals surface area contributed by atoms with Gasteiger partial charge in [0.15, 0.2) is 0 Å². The summed E-state index contributed by atoms with van der Waals surface area (Å²) < 4.78 is 0.839. The molecule has 1 fully saturated rings. The summed E-state index contributed by atoms with van der Waals surface area (Å²) >= 11 is 5.25. The van der Waals surface area contributed by atoms with Crippen LogP contribution in [0.4, 0.5) is 0 Å². The number of likely N-dealkylation sites (N-methyl/N-ethyl adjacent to an activating group) is 1. The fourth-order valence-electron chi connectivity index (χ4n) is 3.22. The predicted octanol–water partition coefficient (Wildman–Crippen LogP) is 0.395. The van der Waals surface area contributed by atoms with E-state index in [1.165, 1.54) is 18.0 Å². The van der Waals surface area contributed by atoms with Crippen LogP contribution in [0.3, 0.4) is 0 Å². The number of thiophene rings is 1. The number of rotatable bonds is 5. The fourth-order valence-corrected chi connectivity index (χ4v) is 4.57. The van der Waals surface area contributed by atoms with E-state index in [1.54, 1.807) is 21.1 Å². The van der Waals surface area contributed by atoms with Crippen LogP contribution in [0.15, 0.2) is 46.3 Å². The van der Waals surface area contributed by atoms with Gasteiger partial charge in [-0.25, -0.2) is 0 Å². The molecule has 1 aromatic heterocycles. The zero-order valence-electron chi connectivity index (χ0n) is 13.8. The molecular formula is C18H24BrN3OS+2. The van der Waals surface area contributed by atoms with Gasteiger partial charge in [0.25, 0.3) is 5.91 Å². The van der Waals surface area contributed by atoms with Crippen molar-refractivity contribution in [3.05, 3.63) is 56.7 Å². The summed E-state index contributed by atoms with van der Waals surface area (Å²) in [5, 5.41) is 5.27. The summed E-state index contributed by atoms with van der Waals surface area (Å²) in [6, 6.07) is 12.2. The maximum atomic E-state index is 12.5. The number of amides is 1. The van der Waals surface area contributed by atoms with Crippen LogP contribution in [-0.4, -0.2) is 45.7 Å². The minimum absolute atomic E-state index is 0.0109. The smallest absolute Gasteiger partial charge is 0.252 e.